The van der Waals surface area contributed by atoms with E-state index in [1.807, 2.05) is 31.2 Å². The summed E-state index contributed by atoms with van der Waals surface area (Å²) in [6, 6.07) is 14.1. The van der Waals surface area contributed by atoms with Crippen LogP contribution >= 0.6 is 0 Å². The second kappa shape index (κ2) is 9.68. The molecular formula is C29H30FNO4. The molecule has 182 valence electrons. The Bertz CT molecular complexity index is 1210. The molecule has 2 atom stereocenters. The highest BCUT2D eigenvalue weighted by atomic mass is 19.1. The summed E-state index contributed by atoms with van der Waals surface area (Å²) < 4.78 is 26.2. The van der Waals surface area contributed by atoms with Gasteiger partial charge < -0.3 is 14.8 Å². The third kappa shape index (κ3) is 4.49. The van der Waals surface area contributed by atoms with Crippen molar-refractivity contribution in [2.75, 3.05) is 7.11 Å². The zero-order chi connectivity index (χ0) is 24.5. The zero-order valence-electron chi connectivity index (χ0n) is 20.1. The van der Waals surface area contributed by atoms with Gasteiger partial charge in [-0.05, 0) is 68.7 Å². The van der Waals surface area contributed by atoms with Gasteiger partial charge in [-0.25, -0.2) is 9.18 Å². The summed E-state index contributed by atoms with van der Waals surface area (Å²) in [5, 5.41) is 3.34. The number of carbonyl (C=O) groups excluding carboxylic acids is 2. The summed E-state index contributed by atoms with van der Waals surface area (Å²) in [5.41, 5.74) is 3.55. The van der Waals surface area contributed by atoms with Crippen molar-refractivity contribution in [1.29, 1.82) is 0 Å². The highest BCUT2D eigenvalue weighted by molar-refractivity contribution is 6.04. The van der Waals surface area contributed by atoms with Crippen LogP contribution in [-0.4, -0.2) is 25.0 Å². The number of rotatable bonds is 5. The normalized spacial score (nSPS) is 22.7. The molecule has 5 rings (SSSR count). The number of ketones is 1. The maximum Gasteiger partial charge on any atom is 0.337 e. The number of hydrogen-bond acceptors (Lipinski definition) is 5. The highest BCUT2D eigenvalue weighted by Gasteiger charge is 2.42. The summed E-state index contributed by atoms with van der Waals surface area (Å²) in [4.78, 5) is 27.0. The molecule has 0 aromatic heterocycles. The molecule has 6 heteroatoms. The highest BCUT2D eigenvalue weighted by Crippen LogP contribution is 2.46. The van der Waals surface area contributed by atoms with Crippen molar-refractivity contribution in [2.45, 2.75) is 63.4 Å². The predicted octanol–water partition coefficient (Wildman–Crippen LogP) is 5.68. The molecule has 1 fully saturated rings. The summed E-state index contributed by atoms with van der Waals surface area (Å²) >= 11 is 0. The number of dihydropyridines is 1. The van der Waals surface area contributed by atoms with Gasteiger partial charge in [-0.15, -0.1) is 0 Å². The zero-order valence-corrected chi connectivity index (χ0v) is 20.1. The van der Waals surface area contributed by atoms with Crippen molar-refractivity contribution in [2.24, 2.45) is 0 Å². The van der Waals surface area contributed by atoms with Crippen molar-refractivity contribution in [3.8, 4) is 5.75 Å². The maximum absolute atomic E-state index is 15.1. The fraction of sp³-hybridized carbons (Fsp3) is 0.379. The number of hydrogen-bond donors (Lipinski definition) is 1. The molecule has 2 aromatic carbocycles. The first-order chi connectivity index (χ1) is 17.0. The van der Waals surface area contributed by atoms with Gasteiger partial charge in [-0.3, -0.25) is 4.79 Å². The quantitative estimate of drug-likeness (QED) is 0.564. The molecule has 1 heterocycles. The Morgan fingerprint density at radius 1 is 1.03 bits per heavy atom. The standard InChI is InChI=1S/C29H30FNO4/c1-17-26(29(33)35-21-7-3-4-8-21)27(22-9-5-6-10-23(22)30)28-24(31-17)15-19(16-25(28)32)18-11-13-20(34-2)14-12-18/h5-6,9-14,19,21,27,31H,3-4,7-8,15-16H2,1-2H3/t19-,27-/m0/s1. The number of methoxy groups -OCH3 is 1. The first kappa shape index (κ1) is 23.3. The predicted molar refractivity (Wildman–Crippen MR) is 130 cm³/mol. The minimum atomic E-state index is -0.786. The Hall–Kier alpha value is -3.41. The number of nitrogens with one attached hydrogen (secondary N) is 1. The summed E-state index contributed by atoms with van der Waals surface area (Å²) in [6.07, 6.45) is 4.51. The Kier molecular flexibility index (Phi) is 6.46. The monoisotopic (exact) mass is 475 g/mol. The van der Waals surface area contributed by atoms with Crippen LogP contribution < -0.4 is 10.1 Å². The van der Waals surface area contributed by atoms with Crippen LogP contribution in [0.15, 0.2) is 71.1 Å². The van der Waals surface area contributed by atoms with Crippen molar-refractivity contribution < 1.29 is 23.5 Å². The van der Waals surface area contributed by atoms with Gasteiger partial charge in [0.25, 0.3) is 0 Å². The molecule has 0 unspecified atom stereocenters. The number of carbonyl (C=O) groups is 2. The van der Waals surface area contributed by atoms with Crippen molar-refractivity contribution >= 4 is 11.8 Å². The summed E-state index contributed by atoms with van der Waals surface area (Å²) in [7, 11) is 1.62. The van der Waals surface area contributed by atoms with Gasteiger partial charge in [0.1, 0.15) is 17.7 Å². The molecule has 0 bridgehead atoms. The molecule has 0 amide bonds. The van der Waals surface area contributed by atoms with E-state index in [2.05, 4.69) is 5.32 Å². The molecule has 1 aliphatic heterocycles. The number of halogens is 1. The average molecular weight is 476 g/mol. The van der Waals surface area contributed by atoms with Crippen LogP contribution in [0.25, 0.3) is 0 Å². The van der Waals surface area contributed by atoms with Crippen LogP contribution in [0.5, 0.6) is 5.75 Å². The molecular weight excluding hydrogens is 445 g/mol. The number of Topliss-reactive ketones (excluding diaryl/α,β-unsaturated/α-hetero) is 1. The Morgan fingerprint density at radius 3 is 2.43 bits per heavy atom. The SMILES string of the molecule is COc1ccc([C@@H]2CC(=O)C3=C(C2)NC(C)=C(C(=O)OC2CCCC2)[C@@H]3c2ccccc2F)cc1. The molecule has 0 radical (unpaired) electrons. The van der Waals surface area contributed by atoms with Gasteiger partial charge >= 0.3 is 5.97 Å². The van der Waals surface area contributed by atoms with E-state index in [0.717, 1.165) is 42.7 Å². The lowest BCUT2D eigenvalue weighted by Gasteiger charge is -2.37. The van der Waals surface area contributed by atoms with E-state index in [-0.39, 0.29) is 17.8 Å². The van der Waals surface area contributed by atoms with Gasteiger partial charge in [-0.1, -0.05) is 30.3 Å². The van der Waals surface area contributed by atoms with E-state index in [1.54, 1.807) is 25.3 Å². The van der Waals surface area contributed by atoms with E-state index in [0.29, 0.717) is 35.2 Å². The Morgan fingerprint density at radius 2 is 1.74 bits per heavy atom. The topological polar surface area (TPSA) is 64.6 Å². The fourth-order valence-electron chi connectivity index (χ4n) is 5.66. The number of benzene rings is 2. The van der Waals surface area contributed by atoms with Gasteiger partial charge in [0.2, 0.25) is 0 Å². The molecule has 0 spiro atoms. The van der Waals surface area contributed by atoms with Crippen LogP contribution in [0.4, 0.5) is 4.39 Å². The molecule has 35 heavy (non-hydrogen) atoms. The maximum atomic E-state index is 15.1. The van der Waals surface area contributed by atoms with Gasteiger partial charge in [0.15, 0.2) is 5.78 Å². The van der Waals surface area contributed by atoms with Crippen LogP contribution in [0, 0.1) is 5.82 Å². The van der Waals surface area contributed by atoms with Gasteiger partial charge in [-0.2, -0.15) is 0 Å². The van der Waals surface area contributed by atoms with Gasteiger partial charge in [0, 0.05) is 29.0 Å². The van der Waals surface area contributed by atoms with Crippen LogP contribution in [-0.2, 0) is 14.3 Å². The second-order valence-electron chi connectivity index (χ2n) is 9.62. The van der Waals surface area contributed by atoms with Crippen molar-refractivity contribution in [3.05, 3.63) is 88.0 Å². The molecule has 2 aromatic rings. The minimum Gasteiger partial charge on any atom is -0.497 e. The Labute approximate surface area is 205 Å². The molecule has 5 nitrogen and oxygen atoms in total. The van der Waals surface area contributed by atoms with Crippen LogP contribution in [0.1, 0.15) is 68.4 Å². The van der Waals surface area contributed by atoms with Crippen molar-refractivity contribution in [1.82, 2.24) is 5.32 Å². The van der Waals surface area contributed by atoms with Crippen LogP contribution in [0.2, 0.25) is 0 Å². The van der Waals surface area contributed by atoms with Crippen LogP contribution in [0.3, 0.4) is 0 Å². The largest absolute Gasteiger partial charge is 0.497 e. The lowest BCUT2D eigenvalue weighted by Crippen LogP contribution is -2.37. The van der Waals surface area contributed by atoms with Gasteiger partial charge in [0.05, 0.1) is 18.6 Å². The molecule has 1 N–H and O–H groups in total. The first-order valence-electron chi connectivity index (χ1n) is 12.3. The molecule has 3 aliphatic rings. The van der Waals surface area contributed by atoms with E-state index >= 15 is 4.39 Å². The first-order valence-corrected chi connectivity index (χ1v) is 12.3. The van der Waals surface area contributed by atoms with E-state index in [9.17, 15) is 9.59 Å². The number of esters is 1. The molecule has 2 aliphatic carbocycles. The Balaban J connectivity index is 1.53. The summed E-state index contributed by atoms with van der Waals surface area (Å²) in [6.45, 7) is 1.81. The molecule has 1 saturated carbocycles. The minimum absolute atomic E-state index is 0.0132. The van der Waals surface area contributed by atoms with E-state index in [1.165, 1.54) is 6.07 Å². The number of allylic oxidation sites excluding steroid dienone is 3. The lowest BCUT2D eigenvalue weighted by molar-refractivity contribution is -0.144. The lowest BCUT2D eigenvalue weighted by atomic mass is 9.71. The van der Waals surface area contributed by atoms with E-state index in [4.69, 9.17) is 9.47 Å². The summed E-state index contributed by atoms with van der Waals surface area (Å²) in [5.74, 6) is -1.02. The third-order valence-corrected chi connectivity index (χ3v) is 7.43. The average Bonchev–Trinajstić information content (AvgIpc) is 3.36. The fourth-order valence-corrected chi connectivity index (χ4v) is 5.66. The third-order valence-electron chi connectivity index (χ3n) is 7.43. The number of ether oxygens (including phenoxy) is 2. The van der Waals surface area contributed by atoms with Crippen molar-refractivity contribution in [3.63, 3.8) is 0 Å². The smallest absolute Gasteiger partial charge is 0.337 e. The second-order valence-corrected chi connectivity index (χ2v) is 9.62. The van der Waals surface area contributed by atoms with E-state index < -0.39 is 17.7 Å². The molecule has 0 saturated heterocycles.